The summed E-state index contributed by atoms with van der Waals surface area (Å²) in [6.45, 7) is 3.74. The lowest BCUT2D eigenvalue weighted by Crippen LogP contribution is -2.50. The second kappa shape index (κ2) is 8.55. The first-order chi connectivity index (χ1) is 17.2. The van der Waals surface area contributed by atoms with Crippen molar-refractivity contribution in [2.45, 2.75) is 43.5 Å². The molecule has 1 spiro atoms. The van der Waals surface area contributed by atoms with E-state index in [4.69, 9.17) is 4.74 Å². The predicted octanol–water partition coefficient (Wildman–Crippen LogP) is 3.84. The highest BCUT2D eigenvalue weighted by Crippen LogP contribution is 2.63. The highest BCUT2D eigenvalue weighted by atomic mass is 32.2. The van der Waals surface area contributed by atoms with E-state index in [9.17, 15) is 22.8 Å². The molecule has 0 aromatic heterocycles. The number of ketones is 1. The molecule has 5 rings (SSSR count). The molecule has 0 radical (unpaired) electrons. The quantitative estimate of drug-likeness (QED) is 0.573. The molecule has 2 unspecified atom stereocenters. The summed E-state index contributed by atoms with van der Waals surface area (Å²) in [6.07, 6.45) is 4.77. The van der Waals surface area contributed by atoms with Gasteiger partial charge in [-0.15, -0.1) is 0 Å². The molecular formula is C28H27NO6S. The third-order valence-corrected chi connectivity index (χ3v) is 9.44. The lowest BCUT2D eigenvalue weighted by molar-refractivity contribution is -0.139. The number of benzene rings is 2. The van der Waals surface area contributed by atoms with Gasteiger partial charge in [-0.1, -0.05) is 54.1 Å². The van der Waals surface area contributed by atoms with Gasteiger partial charge in [0.05, 0.1) is 16.9 Å². The average molecular weight is 506 g/mol. The number of aryl methyl sites for hydroxylation is 1. The molecule has 8 heteroatoms. The summed E-state index contributed by atoms with van der Waals surface area (Å²) in [5, 5.41) is 0. The Morgan fingerprint density at radius 1 is 1.08 bits per heavy atom. The number of fused-ring (bicyclic) bond motifs is 2. The number of sulfonamides is 1. The predicted molar refractivity (Wildman–Crippen MR) is 132 cm³/mol. The van der Waals surface area contributed by atoms with Gasteiger partial charge in [0.2, 0.25) is 5.91 Å². The molecule has 1 amide bonds. The van der Waals surface area contributed by atoms with Crippen molar-refractivity contribution >= 4 is 27.7 Å². The van der Waals surface area contributed by atoms with Gasteiger partial charge in [-0.25, -0.2) is 17.5 Å². The zero-order valence-electron chi connectivity index (χ0n) is 20.1. The molecule has 1 saturated heterocycles. The van der Waals surface area contributed by atoms with E-state index in [2.05, 4.69) is 0 Å². The maximum Gasteiger partial charge on any atom is 0.333 e. The molecule has 0 N–H and O–H groups in total. The first-order valence-corrected chi connectivity index (χ1v) is 13.4. The summed E-state index contributed by atoms with van der Waals surface area (Å²) >= 11 is 0. The summed E-state index contributed by atoms with van der Waals surface area (Å²) in [4.78, 5) is 39.7. The van der Waals surface area contributed by atoms with Gasteiger partial charge < -0.3 is 4.74 Å². The fourth-order valence-electron chi connectivity index (χ4n) is 5.95. The van der Waals surface area contributed by atoms with Crippen molar-refractivity contribution in [2.75, 3.05) is 6.61 Å². The van der Waals surface area contributed by atoms with E-state index in [1.54, 1.807) is 55.5 Å². The number of rotatable bonds is 5. The number of ether oxygens (including phenoxy) is 1. The van der Waals surface area contributed by atoms with Gasteiger partial charge in [0.1, 0.15) is 5.54 Å². The number of hydrogen-bond acceptors (Lipinski definition) is 6. The van der Waals surface area contributed by atoms with E-state index in [1.165, 1.54) is 18.2 Å². The number of allylic oxidation sites excluding steroid dienone is 2. The number of nitrogens with zero attached hydrogens (tertiary/aromatic N) is 1. The largest absolute Gasteiger partial charge is 0.463 e. The van der Waals surface area contributed by atoms with E-state index in [0.29, 0.717) is 11.1 Å². The SMILES string of the molecule is CCOC(=O)C1=CC[C@@]2(C1)C(=O)N(S(=O)(=O)c1ccc(C)cc1)C1(c3ccccc3)C=CC(=O)CC12. The molecular weight excluding hydrogens is 478 g/mol. The van der Waals surface area contributed by atoms with Crippen LogP contribution < -0.4 is 0 Å². The number of hydrogen-bond donors (Lipinski definition) is 0. The smallest absolute Gasteiger partial charge is 0.333 e. The second-order valence-corrected chi connectivity index (χ2v) is 11.4. The van der Waals surface area contributed by atoms with Crippen LogP contribution in [-0.4, -0.2) is 37.0 Å². The Morgan fingerprint density at radius 3 is 2.44 bits per heavy atom. The summed E-state index contributed by atoms with van der Waals surface area (Å²) in [7, 11) is -4.33. The van der Waals surface area contributed by atoms with Crippen LogP contribution in [0.15, 0.2) is 83.3 Å². The average Bonchev–Trinajstić information content (AvgIpc) is 3.40. The lowest BCUT2D eigenvalue weighted by atomic mass is 9.62. The molecule has 3 aliphatic rings. The molecule has 7 nitrogen and oxygen atoms in total. The molecule has 0 saturated carbocycles. The molecule has 3 atom stereocenters. The molecule has 1 fully saturated rings. The zero-order chi connectivity index (χ0) is 25.7. The number of carbonyl (C=O) groups is 3. The first-order valence-electron chi connectivity index (χ1n) is 12.0. The second-order valence-electron chi connectivity index (χ2n) is 9.62. The Morgan fingerprint density at radius 2 is 1.78 bits per heavy atom. The summed E-state index contributed by atoms with van der Waals surface area (Å²) in [5.74, 6) is -2.00. The van der Waals surface area contributed by atoms with Crippen molar-refractivity contribution in [1.29, 1.82) is 0 Å². The Labute approximate surface area is 210 Å². The van der Waals surface area contributed by atoms with Crippen LogP contribution in [0, 0.1) is 18.3 Å². The summed E-state index contributed by atoms with van der Waals surface area (Å²) < 4.78 is 34.6. The van der Waals surface area contributed by atoms with Crippen molar-refractivity contribution in [3.63, 3.8) is 0 Å². The van der Waals surface area contributed by atoms with Crippen molar-refractivity contribution in [3.8, 4) is 0 Å². The van der Waals surface area contributed by atoms with E-state index in [-0.39, 0.29) is 36.5 Å². The molecule has 1 heterocycles. The van der Waals surface area contributed by atoms with Crippen molar-refractivity contribution in [1.82, 2.24) is 4.31 Å². The maximum absolute atomic E-state index is 14.4. The highest BCUT2D eigenvalue weighted by molar-refractivity contribution is 7.89. The van der Waals surface area contributed by atoms with Crippen LogP contribution in [0.5, 0.6) is 0 Å². The molecule has 2 aliphatic carbocycles. The van der Waals surface area contributed by atoms with E-state index in [1.807, 2.05) is 13.0 Å². The van der Waals surface area contributed by atoms with Crippen LogP contribution in [-0.2, 0) is 34.7 Å². The first kappa shape index (κ1) is 24.2. The normalized spacial score (nSPS) is 27.3. The van der Waals surface area contributed by atoms with Crippen molar-refractivity contribution in [2.24, 2.45) is 11.3 Å². The molecule has 186 valence electrons. The maximum atomic E-state index is 14.4. The lowest BCUT2D eigenvalue weighted by Gasteiger charge is -2.42. The third-order valence-electron chi connectivity index (χ3n) is 7.63. The van der Waals surface area contributed by atoms with Crippen LogP contribution in [0.1, 0.15) is 37.3 Å². The van der Waals surface area contributed by atoms with E-state index in [0.717, 1.165) is 9.87 Å². The Balaban J connectivity index is 1.74. The number of carbonyl (C=O) groups excluding carboxylic acids is 3. The molecule has 2 aromatic carbocycles. The standard InChI is InChI=1S/C28H27NO6S/c1-3-35-25(31)20-13-15-27(18-20)24-17-22(30)14-16-28(24,21-7-5-4-6-8-21)29(26(27)32)36(33,34)23-11-9-19(2)10-12-23/h4-14,16,24H,3,15,17-18H2,1-2H3/t24?,27-,28?/m0/s1. The van der Waals surface area contributed by atoms with E-state index < -0.39 is 38.8 Å². The van der Waals surface area contributed by atoms with Gasteiger partial charge in [-0.2, -0.15) is 0 Å². The van der Waals surface area contributed by atoms with Crippen LogP contribution >= 0.6 is 0 Å². The Hall–Kier alpha value is -3.52. The minimum absolute atomic E-state index is 0.00516. The fourth-order valence-corrected chi connectivity index (χ4v) is 7.73. The van der Waals surface area contributed by atoms with Crippen LogP contribution in [0.25, 0.3) is 0 Å². The zero-order valence-corrected chi connectivity index (χ0v) is 21.0. The third kappa shape index (κ3) is 3.38. The number of esters is 1. The molecule has 2 aromatic rings. The van der Waals surface area contributed by atoms with Crippen molar-refractivity contribution < 1.29 is 27.5 Å². The van der Waals surface area contributed by atoms with Crippen LogP contribution in [0.3, 0.4) is 0 Å². The summed E-state index contributed by atoms with van der Waals surface area (Å²) in [6, 6.07) is 15.3. The van der Waals surface area contributed by atoms with Gasteiger partial charge in [-0.05, 0) is 56.5 Å². The van der Waals surface area contributed by atoms with Crippen LogP contribution in [0.4, 0.5) is 0 Å². The highest BCUT2D eigenvalue weighted by Gasteiger charge is 2.71. The minimum Gasteiger partial charge on any atom is -0.463 e. The Bertz CT molecular complexity index is 1410. The Kier molecular flexibility index (Phi) is 5.75. The van der Waals surface area contributed by atoms with Gasteiger partial charge in [0.25, 0.3) is 10.0 Å². The van der Waals surface area contributed by atoms with Gasteiger partial charge in [0.15, 0.2) is 5.78 Å². The van der Waals surface area contributed by atoms with Gasteiger partial charge >= 0.3 is 5.97 Å². The monoisotopic (exact) mass is 505 g/mol. The number of amides is 1. The van der Waals surface area contributed by atoms with E-state index >= 15 is 0 Å². The van der Waals surface area contributed by atoms with Gasteiger partial charge in [-0.3, -0.25) is 9.59 Å². The summed E-state index contributed by atoms with van der Waals surface area (Å²) in [5.41, 5.74) is -0.853. The topological polar surface area (TPSA) is 97.8 Å². The fraction of sp³-hybridized carbons (Fsp3) is 0.321. The van der Waals surface area contributed by atoms with Crippen LogP contribution in [0.2, 0.25) is 0 Å². The molecule has 0 bridgehead atoms. The van der Waals surface area contributed by atoms with Gasteiger partial charge in [0, 0.05) is 17.9 Å². The van der Waals surface area contributed by atoms with Crippen molar-refractivity contribution in [3.05, 3.63) is 89.5 Å². The minimum atomic E-state index is -4.33. The molecule has 1 aliphatic heterocycles. The molecule has 36 heavy (non-hydrogen) atoms.